The first-order valence-electron chi connectivity index (χ1n) is 6.45. The van der Waals surface area contributed by atoms with E-state index >= 15 is 0 Å². The summed E-state index contributed by atoms with van der Waals surface area (Å²) in [4.78, 5) is 25.6. The number of ketones is 1. The van der Waals surface area contributed by atoms with Crippen molar-refractivity contribution < 1.29 is 9.59 Å². The van der Waals surface area contributed by atoms with Crippen molar-refractivity contribution in [1.29, 1.82) is 0 Å². The van der Waals surface area contributed by atoms with Gasteiger partial charge in [0.15, 0.2) is 5.78 Å². The number of carbonyl (C=O) groups excluding carboxylic acids is 2. The van der Waals surface area contributed by atoms with Crippen molar-refractivity contribution in [2.45, 2.75) is 15.4 Å². The van der Waals surface area contributed by atoms with Gasteiger partial charge in [0.2, 0.25) is 5.91 Å². The molecule has 1 aromatic rings. The number of alkyl halides is 1. The standard InChI is InChI=1S/C16H14INO2/c1-18-15(20)14(17)13(11-5-3-2-4-6-11)16(18)9-7-12(19)8-10-16/h2-10,13-14H,1H3. The Labute approximate surface area is 131 Å². The lowest BCUT2D eigenvalue weighted by atomic mass is 9.77. The zero-order valence-electron chi connectivity index (χ0n) is 11.0. The maximum absolute atomic E-state index is 12.4. The molecule has 1 aliphatic carbocycles. The second kappa shape index (κ2) is 4.84. The molecule has 2 unspecified atom stereocenters. The first kappa shape index (κ1) is 13.5. The van der Waals surface area contributed by atoms with Crippen LogP contribution in [0.15, 0.2) is 54.6 Å². The van der Waals surface area contributed by atoms with Crippen LogP contribution in [0.5, 0.6) is 0 Å². The van der Waals surface area contributed by atoms with Crippen LogP contribution in [0.2, 0.25) is 0 Å². The van der Waals surface area contributed by atoms with Crippen molar-refractivity contribution in [3.63, 3.8) is 0 Å². The van der Waals surface area contributed by atoms with Crippen molar-refractivity contribution in [1.82, 2.24) is 4.90 Å². The lowest BCUT2D eigenvalue weighted by Crippen LogP contribution is -2.44. The Morgan fingerprint density at radius 3 is 2.30 bits per heavy atom. The van der Waals surface area contributed by atoms with E-state index in [2.05, 4.69) is 22.6 Å². The number of benzene rings is 1. The summed E-state index contributed by atoms with van der Waals surface area (Å²) in [7, 11) is 1.81. The minimum atomic E-state index is -0.530. The third-order valence-corrected chi connectivity index (χ3v) is 5.38. The van der Waals surface area contributed by atoms with E-state index in [1.807, 2.05) is 42.5 Å². The summed E-state index contributed by atoms with van der Waals surface area (Å²) < 4.78 is -0.137. The molecule has 0 aromatic heterocycles. The van der Waals surface area contributed by atoms with Gasteiger partial charge in [-0.2, -0.15) is 0 Å². The molecule has 2 aliphatic rings. The molecule has 0 bridgehead atoms. The van der Waals surface area contributed by atoms with Gasteiger partial charge in [-0.25, -0.2) is 0 Å². The van der Waals surface area contributed by atoms with E-state index in [1.54, 1.807) is 24.1 Å². The molecule has 0 N–H and O–H groups in total. The molecule has 4 heteroatoms. The lowest BCUT2D eigenvalue weighted by molar-refractivity contribution is -0.127. The van der Waals surface area contributed by atoms with Gasteiger partial charge in [-0.15, -0.1) is 0 Å². The van der Waals surface area contributed by atoms with Crippen LogP contribution in [0.4, 0.5) is 0 Å². The van der Waals surface area contributed by atoms with Crippen LogP contribution in [-0.4, -0.2) is 33.1 Å². The zero-order chi connectivity index (χ0) is 14.3. The third kappa shape index (κ3) is 1.85. The second-order valence-corrected chi connectivity index (χ2v) is 6.49. The Morgan fingerprint density at radius 1 is 1.10 bits per heavy atom. The molecular weight excluding hydrogens is 365 g/mol. The van der Waals surface area contributed by atoms with Crippen molar-refractivity contribution in [3.8, 4) is 0 Å². The Bertz CT molecular complexity index is 605. The molecule has 1 saturated heterocycles. The highest BCUT2D eigenvalue weighted by Crippen LogP contribution is 2.48. The van der Waals surface area contributed by atoms with Crippen LogP contribution >= 0.6 is 22.6 Å². The van der Waals surface area contributed by atoms with Crippen LogP contribution < -0.4 is 0 Å². The van der Waals surface area contributed by atoms with Crippen LogP contribution in [0.3, 0.4) is 0 Å². The van der Waals surface area contributed by atoms with Gasteiger partial charge < -0.3 is 4.90 Å². The minimum absolute atomic E-state index is 0.0161. The number of hydrogen-bond acceptors (Lipinski definition) is 2. The quantitative estimate of drug-likeness (QED) is 0.556. The van der Waals surface area contributed by atoms with Gasteiger partial charge >= 0.3 is 0 Å². The molecule has 1 fully saturated rings. The molecule has 1 aliphatic heterocycles. The monoisotopic (exact) mass is 379 g/mol. The predicted octanol–water partition coefficient (Wildman–Crippen LogP) is 2.48. The number of rotatable bonds is 1. The fourth-order valence-electron chi connectivity index (χ4n) is 3.03. The molecule has 1 heterocycles. The maximum atomic E-state index is 12.4. The molecule has 3 nitrogen and oxygen atoms in total. The first-order valence-corrected chi connectivity index (χ1v) is 7.70. The summed E-state index contributed by atoms with van der Waals surface area (Å²) in [6.45, 7) is 0. The SMILES string of the molecule is CN1C(=O)C(I)C(c2ccccc2)C12C=CC(=O)C=C2. The molecule has 2 atom stereocenters. The van der Waals surface area contributed by atoms with Gasteiger partial charge in [-0.1, -0.05) is 65.1 Å². The Kier molecular flexibility index (Phi) is 3.28. The molecule has 1 amide bonds. The highest BCUT2D eigenvalue weighted by atomic mass is 127. The third-order valence-electron chi connectivity index (χ3n) is 4.13. The van der Waals surface area contributed by atoms with Crippen LogP contribution in [0, 0.1) is 0 Å². The number of allylic oxidation sites excluding steroid dienone is 2. The number of carbonyl (C=O) groups is 2. The van der Waals surface area contributed by atoms with E-state index in [4.69, 9.17) is 0 Å². The van der Waals surface area contributed by atoms with Gasteiger partial charge in [-0.3, -0.25) is 9.59 Å². The number of hydrogen-bond donors (Lipinski definition) is 0. The van der Waals surface area contributed by atoms with E-state index in [-0.39, 0.29) is 21.5 Å². The molecular formula is C16H14INO2. The summed E-state index contributed by atoms with van der Waals surface area (Å²) in [5.41, 5.74) is 0.589. The van der Waals surface area contributed by atoms with Crippen LogP contribution in [0.1, 0.15) is 11.5 Å². The van der Waals surface area contributed by atoms with Gasteiger partial charge in [0.25, 0.3) is 0 Å². The molecule has 3 rings (SSSR count). The van der Waals surface area contributed by atoms with Crippen molar-refractivity contribution in [2.24, 2.45) is 0 Å². The summed E-state index contributed by atoms with van der Waals surface area (Å²) in [6, 6.07) is 10.0. The average molecular weight is 379 g/mol. The normalized spacial score (nSPS) is 27.6. The molecule has 0 saturated carbocycles. The van der Waals surface area contributed by atoms with Crippen LogP contribution in [-0.2, 0) is 9.59 Å². The summed E-state index contributed by atoms with van der Waals surface area (Å²) in [5, 5.41) is 0. The Morgan fingerprint density at radius 2 is 1.70 bits per heavy atom. The molecule has 1 spiro atoms. The minimum Gasteiger partial charge on any atom is -0.331 e. The number of amides is 1. The van der Waals surface area contributed by atoms with E-state index in [1.165, 1.54) is 0 Å². The van der Waals surface area contributed by atoms with Gasteiger partial charge in [0.05, 0.1) is 9.46 Å². The fraction of sp³-hybridized carbons (Fsp3) is 0.250. The maximum Gasteiger partial charge on any atom is 0.236 e. The van der Waals surface area contributed by atoms with Crippen molar-refractivity contribution >= 4 is 34.3 Å². The van der Waals surface area contributed by atoms with E-state index in [9.17, 15) is 9.59 Å². The highest BCUT2D eigenvalue weighted by Gasteiger charge is 2.54. The number of likely N-dealkylation sites (N-methyl/N-ethyl adjacent to an activating group) is 1. The van der Waals surface area contributed by atoms with E-state index in [0.717, 1.165) is 5.56 Å². The second-order valence-electron chi connectivity index (χ2n) is 5.14. The van der Waals surface area contributed by atoms with Gasteiger partial charge in [0.1, 0.15) is 0 Å². The molecule has 0 radical (unpaired) electrons. The van der Waals surface area contributed by atoms with Gasteiger partial charge in [-0.05, 0) is 17.7 Å². The lowest BCUT2D eigenvalue weighted by Gasteiger charge is -2.37. The highest BCUT2D eigenvalue weighted by molar-refractivity contribution is 14.1. The summed E-state index contributed by atoms with van der Waals surface area (Å²) in [5.74, 6) is 0.0886. The summed E-state index contributed by atoms with van der Waals surface area (Å²) >= 11 is 2.21. The summed E-state index contributed by atoms with van der Waals surface area (Å²) in [6.07, 6.45) is 6.86. The van der Waals surface area contributed by atoms with Crippen LogP contribution in [0.25, 0.3) is 0 Å². The molecule has 1 aromatic carbocycles. The number of nitrogens with zero attached hydrogens (tertiary/aromatic N) is 1. The number of likely N-dealkylation sites (tertiary alicyclic amines) is 1. The smallest absolute Gasteiger partial charge is 0.236 e. The van der Waals surface area contributed by atoms with E-state index in [0.29, 0.717) is 0 Å². The zero-order valence-corrected chi connectivity index (χ0v) is 13.2. The van der Waals surface area contributed by atoms with Gasteiger partial charge in [0, 0.05) is 13.0 Å². The largest absolute Gasteiger partial charge is 0.331 e. The van der Waals surface area contributed by atoms with Crippen molar-refractivity contribution in [3.05, 3.63) is 60.2 Å². The molecule has 20 heavy (non-hydrogen) atoms. The fourth-order valence-corrected chi connectivity index (χ4v) is 4.44. The first-order chi connectivity index (χ1) is 9.56. The van der Waals surface area contributed by atoms with Crippen molar-refractivity contribution in [2.75, 3.05) is 7.05 Å². The Hall–Kier alpha value is -1.43. The predicted molar refractivity (Wildman–Crippen MR) is 85.8 cm³/mol. The Balaban J connectivity index is 2.15. The van der Waals surface area contributed by atoms with E-state index < -0.39 is 5.54 Å². The topological polar surface area (TPSA) is 37.4 Å². The average Bonchev–Trinajstić information content (AvgIpc) is 2.65. The molecule has 102 valence electrons. The number of halogens is 1.